The van der Waals surface area contributed by atoms with Crippen LogP contribution in [-0.4, -0.2) is 25.8 Å². The molecule has 100 valence electrons. The fourth-order valence-corrected chi connectivity index (χ4v) is 1.05. The summed E-state index contributed by atoms with van der Waals surface area (Å²) in [5.74, 6) is -1.86. The van der Waals surface area contributed by atoms with Crippen LogP contribution in [0, 0.1) is 5.82 Å². The largest absolute Gasteiger partial charge is 0.497 e. The maximum atomic E-state index is 13.3. The highest BCUT2D eigenvalue weighted by atomic mass is 19.4. The van der Waals surface area contributed by atoms with Crippen molar-refractivity contribution >= 4 is 5.91 Å². The molecular weight excluding hydrogens is 258 g/mol. The minimum Gasteiger partial charge on any atom is -0.497 e. The zero-order chi connectivity index (χ0) is 13.8. The van der Waals surface area contributed by atoms with E-state index in [1.807, 2.05) is 0 Å². The van der Waals surface area contributed by atoms with Crippen molar-refractivity contribution in [1.29, 1.82) is 0 Å². The summed E-state index contributed by atoms with van der Waals surface area (Å²) in [6, 6.07) is 3.29. The molecule has 0 radical (unpaired) electrons. The van der Waals surface area contributed by atoms with Crippen LogP contribution in [0.25, 0.3) is 0 Å². The van der Waals surface area contributed by atoms with E-state index >= 15 is 0 Å². The van der Waals surface area contributed by atoms with Gasteiger partial charge in [-0.3, -0.25) is 9.63 Å². The second kappa shape index (κ2) is 5.67. The van der Waals surface area contributed by atoms with E-state index in [0.29, 0.717) is 0 Å². The number of carbonyl (C=O) groups excluding carboxylic acids is 1. The Kier molecular flexibility index (Phi) is 4.49. The van der Waals surface area contributed by atoms with Crippen molar-refractivity contribution in [3.63, 3.8) is 0 Å². The number of nitrogens with one attached hydrogen (secondary N) is 1. The molecule has 0 fully saturated rings. The Labute approximate surface area is 99.4 Å². The molecule has 1 N–H and O–H groups in total. The maximum Gasteiger partial charge on any atom is 0.414 e. The molecule has 1 amide bonds. The van der Waals surface area contributed by atoms with Crippen molar-refractivity contribution in [2.24, 2.45) is 0 Å². The molecule has 0 bridgehead atoms. The summed E-state index contributed by atoms with van der Waals surface area (Å²) in [5.41, 5.74) is 1.05. The number of halogens is 4. The maximum absolute atomic E-state index is 13.3. The smallest absolute Gasteiger partial charge is 0.414 e. The number of carbonyl (C=O) groups is 1. The molecule has 18 heavy (non-hydrogen) atoms. The molecule has 0 aliphatic heterocycles. The fourth-order valence-electron chi connectivity index (χ4n) is 1.05. The molecule has 0 saturated carbocycles. The lowest BCUT2D eigenvalue weighted by Gasteiger charge is -2.09. The molecule has 1 aromatic rings. The third-order valence-electron chi connectivity index (χ3n) is 1.82. The van der Waals surface area contributed by atoms with Crippen LogP contribution in [-0.2, 0) is 4.84 Å². The van der Waals surface area contributed by atoms with Crippen molar-refractivity contribution in [3.05, 3.63) is 29.6 Å². The number of hydrogen-bond acceptors (Lipinski definition) is 3. The average molecular weight is 267 g/mol. The first-order valence-electron chi connectivity index (χ1n) is 4.66. The standard InChI is InChI=1S/C10H9F4NO3/c1-17-6-2-3-7(8(11)4-6)9(16)15-18-5-10(12,13)14/h2-4H,5H2,1H3,(H,15,16). The van der Waals surface area contributed by atoms with Crippen LogP contribution in [0.4, 0.5) is 17.6 Å². The highest BCUT2D eigenvalue weighted by Crippen LogP contribution is 2.17. The quantitative estimate of drug-likeness (QED) is 0.671. The van der Waals surface area contributed by atoms with Gasteiger partial charge in [0.15, 0.2) is 6.61 Å². The topological polar surface area (TPSA) is 47.6 Å². The van der Waals surface area contributed by atoms with Crippen LogP contribution < -0.4 is 10.2 Å². The molecule has 0 aromatic heterocycles. The van der Waals surface area contributed by atoms with Gasteiger partial charge < -0.3 is 4.74 Å². The van der Waals surface area contributed by atoms with Crippen LogP contribution >= 0.6 is 0 Å². The SMILES string of the molecule is COc1ccc(C(=O)NOCC(F)(F)F)c(F)c1. The lowest BCUT2D eigenvalue weighted by molar-refractivity contribution is -0.184. The monoisotopic (exact) mass is 267 g/mol. The first kappa shape index (κ1) is 14.2. The van der Waals surface area contributed by atoms with Gasteiger partial charge in [-0.05, 0) is 12.1 Å². The van der Waals surface area contributed by atoms with E-state index < -0.39 is 30.1 Å². The summed E-state index contributed by atoms with van der Waals surface area (Å²) in [6.07, 6.45) is -4.58. The Morgan fingerprint density at radius 3 is 2.56 bits per heavy atom. The molecule has 0 heterocycles. The van der Waals surface area contributed by atoms with Crippen molar-refractivity contribution in [1.82, 2.24) is 5.48 Å². The van der Waals surface area contributed by atoms with E-state index in [2.05, 4.69) is 4.84 Å². The van der Waals surface area contributed by atoms with Crippen LogP contribution in [0.5, 0.6) is 5.75 Å². The molecule has 0 unspecified atom stereocenters. The minimum atomic E-state index is -4.58. The number of alkyl halides is 3. The minimum absolute atomic E-state index is 0.181. The summed E-state index contributed by atoms with van der Waals surface area (Å²) in [7, 11) is 1.31. The number of ether oxygens (including phenoxy) is 1. The van der Waals surface area contributed by atoms with E-state index in [-0.39, 0.29) is 5.75 Å². The Morgan fingerprint density at radius 1 is 1.39 bits per heavy atom. The van der Waals surface area contributed by atoms with Gasteiger partial charge in [0, 0.05) is 6.07 Å². The Hall–Kier alpha value is -1.83. The molecular formula is C10H9F4NO3. The van der Waals surface area contributed by atoms with Gasteiger partial charge in [0.2, 0.25) is 0 Å². The zero-order valence-electron chi connectivity index (χ0n) is 9.18. The summed E-state index contributed by atoms with van der Waals surface area (Å²) in [4.78, 5) is 15.2. The molecule has 0 saturated heterocycles. The first-order chi connectivity index (χ1) is 8.33. The second-order valence-electron chi connectivity index (χ2n) is 3.18. The summed E-state index contributed by atoms with van der Waals surface area (Å²) >= 11 is 0. The predicted molar refractivity (Wildman–Crippen MR) is 52.4 cm³/mol. The van der Waals surface area contributed by atoms with Crippen LogP contribution in [0.3, 0.4) is 0 Å². The summed E-state index contributed by atoms with van der Waals surface area (Å²) in [6.45, 7) is -1.66. The van der Waals surface area contributed by atoms with Crippen molar-refractivity contribution in [3.8, 4) is 5.75 Å². The molecule has 0 aliphatic carbocycles. The number of hydrogen-bond donors (Lipinski definition) is 1. The Balaban J connectivity index is 2.62. The van der Waals surface area contributed by atoms with Crippen molar-refractivity contribution in [2.45, 2.75) is 6.18 Å². The Morgan fingerprint density at radius 2 is 2.06 bits per heavy atom. The molecule has 8 heteroatoms. The molecule has 0 spiro atoms. The number of hydroxylamine groups is 1. The fraction of sp³-hybridized carbons (Fsp3) is 0.300. The highest BCUT2D eigenvalue weighted by Gasteiger charge is 2.28. The molecule has 1 rings (SSSR count). The molecule has 0 atom stereocenters. The number of rotatable bonds is 4. The lowest BCUT2D eigenvalue weighted by Crippen LogP contribution is -2.30. The number of benzene rings is 1. The van der Waals surface area contributed by atoms with Gasteiger partial charge >= 0.3 is 6.18 Å². The van der Waals surface area contributed by atoms with Crippen LogP contribution in [0.1, 0.15) is 10.4 Å². The van der Waals surface area contributed by atoms with Gasteiger partial charge in [-0.2, -0.15) is 13.2 Å². The van der Waals surface area contributed by atoms with Crippen LogP contribution in [0.15, 0.2) is 18.2 Å². The summed E-state index contributed by atoms with van der Waals surface area (Å²) < 4.78 is 53.2. The number of amides is 1. The normalized spacial score (nSPS) is 11.2. The van der Waals surface area contributed by atoms with Gasteiger partial charge in [-0.25, -0.2) is 9.87 Å². The van der Waals surface area contributed by atoms with E-state index in [1.165, 1.54) is 18.7 Å². The van der Waals surface area contributed by atoms with Crippen molar-refractivity contribution in [2.75, 3.05) is 13.7 Å². The van der Waals surface area contributed by atoms with E-state index in [1.54, 1.807) is 0 Å². The Bertz CT molecular complexity index is 434. The van der Waals surface area contributed by atoms with E-state index in [4.69, 9.17) is 4.74 Å². The lowest BCUT2D eigenvalue weighted by atomic mass is 10.2. The van der Waals surface area contributed by atoms with E-state index in [9.17, 15) is 22.4 Å². The molecule has 0 aliphatic rings. The predicted octanol–water partition coefficient (Wildman–Crippen LogP) is 2.06. The average Bonchev–Trinajstić information content (AvgIpc) is 2.26. The van der Waals surface area contributed by atoms with Gasteiger partial charge in [-0.15, -0.1) is 0 Å². The van der Waals surface area contributed by atoms with Gasteiger partial charge in [-0.1, -0.05) is 0 Å². The van der Waals surface area contributed by atoms with Crippen LogP contribution in [0.2, 0.25) is 0 Å². The van der Waals surface area contributed by atoms with E-state index in [0.717, 1.165) is 12.1 Å². The molecule has 4 nitrogen and oxygen atoms in total. The number of methoxy groups -OCH3 is 1. The van der Waals surface area contributed by atoms with Gasteiger partial charge in [0.05, 0.1) is 12.7 Å². The third-order valence-corrected chi connectivity index (χ3v) is 1.82. The molecule has 1 aromatic carbocycles. The second-order valence-corrected chi connectivity index (χ2v) is 3.18. The zero-order valence-corrected chi connectivity index (χ0v) is 9.18. The van der Waals surface area contributed by atoms with Crippen molar-refractivity contribution < 1.29 is 31.9 Å². The van der Waals surface area contributed by atoms with Gasteiger partial charge in [0.25, 0.3) is 5.91 Å². The third kappa shape index (κ3) is 4.21. The first-order valence-corrected chi connectivity index (χ1v) is 4.66. The van der Waals surface area contributed by atoms with Gasteiger partial charge in [0.1, 0.15) is 11.6 Å². The highest BCUT2D eigenvalue weighted by molar-refractivity contribution is 5.93. The summed E-state index contributed by atoms with van der Waals surface area (Å²) in [5, 5.41) is 0.